The van der Waals surface area contributed by atoms with Gasteiger partial charge in [0.25, 0.3) is 0 Å². The lowest BCUT2D eigenvalue weighted by molar-refractivity contribution is -0.719. The van der Waals surface area contributed by atoms with E-state index in [1.54, 1.807) is 0 Å². The molecule has 0 saturated carbocycles. The van der Waals surface area contributed by atoms with Gasteiger partial charge < -0.3 is 4.42 Å². The first-order valence-electron chi connectivity index (χ1n) is 23.9. The van der Waals surface area contributed by atoms with Gasteiger partial charge in [-0.3, -0.25) is 0 Å². The van der Waals surface area contributed by atoms with Crippen molar-refractivity contribution < 1.29 is 13.6 Å². The van der Waals surface area contributed by atoms with Crippen LogP contribution >= 0.6 is 0 Å². The Labute approximate surface area is 385 Å². The number of hydrogen-bond acceptors (Lipinski definition) is 1. The van der Waals surface area contributed by atoms with Crippen molar-refractivity contribution in [3.05, 3.63) is 174 Å². The summed E-state index contributed by atoms with van der Waals surface area (Å²) >= 11 is 0. The van der Waals surface area contributed by atoms with Crippen molar-refractivity contribution >= 4 is 51.9 Å². The Kier molecular flexibility index (Phi) is 9.82. The maximum absolute atomic E-state index is 7.12. The molecule has 0 amide bonds. The molecular weight excluding hydrogens is 807 g/mol. The van der Waals surface area contributed by atoms with E-state index in [4.69, 9.17) is 11.0 Å². The predicted octanol–water partition coefficient (Wildman–Crippen LogP) is 14.7. The normalized spacial score (nSPS) is 16.2. The molecule has 0 spiro atoms. The van der Waals surface area contributed by atoms with Gasteiger partial charge in [0.05, 0.1) is 14.5 Å². The Bertz CT molecular complexity index is 3360. The van der Waals surface area contributed by atoms with Crippen LogP contribution in [0.1, 0.15) is 97.7 Å². The molecule has 0 N–H and O–H groups in total. The minimum absolute atomic E-state index is 0.141. The van der Waals surface area contributed by atoms with Crippen molar-refractivity contribution in [3.63, 3.8) is 0 Å². The number of imidazole rings is 1. The number of rotatable bonds is 5. The third-order valence-electron chi connectivity index (χ3n) is 14.8. The summed E-state index contributed by atoms with van der Waals surface area (Å²) in [7, 11) is -1.88. The molecule has 6 aromatic carbocycles. The first-order valence-corrected chi connectivity index (χ1v) is 27.4. The Morgan fingerprint density at radius 2 is 1.38 bits per heavy atom. The molecule has 9 aromatic rings. The second-order valence-electron chi connectivity index (χ2n) is 20.6. The highest BCUT2D eigenvalue weighted by molar-refractivity contribution is 6.89. The molecule has 5 heterocycles. The van der Waals surface area contributed by atoms with E-state index in [0.717, 1.165) is 58.2 Å². The molecule has 0 saturated heterocycles. The van der Waals surface area contributed by atoms with Crippen LogP contribution in [0.15, 0.2) is 145 Å². The van der Waals surface area contributed by atoms with Gasteiger partial charge in [-0.05, 0) is 96.2 Å². The maximum atomic E-state index is 7.12. The van der Waals surface area contributed by atoms with E-state index in [2.05, 4.69) is 208 Å². The van der Waals surface area contributed by atoms with Crippen LogP contribution in [0, 0.1) is 13.8 Å². The summed E-state index contributed by atoms with van der Waals surface area (Å²) in [5.74, 6) is 1.99. The third-order valence-corrected chi connectivity index (χ3v) is 16.8. The molecular formula is C60H61N3OSi+2. The van der Waals surface area contributed by atoms with E-state index >= 15 is 0 Å². The van der Waals surface area contributed by atoms with Crippen LogP contribution in [0.2, 0.25) is 19.6 Å². The van der Waals surface area contributed by atoms with Gasteiger partial charge in [0.15, 0.2) is 28.9 Å². The van der Waals surface area contributed by atoms with Crippen molar-refractivity contribution in [2.45, 2.75) is 104 Å². The molecule has 3 aromatic heterocycles. The molecule has 4 nitrogen and oxygen atoms in total. The topological polar surface area (TPSA) is 25.8 Å². The monoisotopic (exact) mass is 867 g/mol. The summed E-state index contributed by atoms with van der Waals surface area (Å²) < 4.78 is 15.0. The molecule has 2 atom stereocenters. The number of fused-ring (bicyclic) bond motifs is 15. The molecule has 0 bridgehead atoms. The number of allylic oxidation sites excluding steroid dienone is 1. The summed E-state index contributed by atoms with van der Waals surface area (Å²) in [5, 5.41) is 3.80. The van der Waals surface area contributed by atoms with Crippen molar-refractivity contribution in [1.82, 2.24) is 4.57 Å². The number of pyridine rings is 1. The minimum Gasteiger partial charge on any atom is -0.455 e. The van der Waals surface area contributed by atoms with Gasteiger partial charge in [-0.2, -0.15) is 13.7 Å². The molecule has 2 aliphatic rings. The third kappa shape index (κ3) is 6.44. The van der Waals surface area contributed by atoms with Crippen molar-refractivity contribution in [1.29, 1.82) is 0 Å². The van der Waals surface area contributed by atoms with E-state index < -0.39 is 8.07 Å². The number of para-hydroxylation sites is 4. The SMILES string of the molecule is C=C1CC2C(CCc3ccc4c(oc5ccccc54)c3-c3n(-c4c(C(C)C)cccc4C(C)C)c4ccccc4[n+]31)c1ccccc1-c1cc(-c3c(C)cccc3C)c([Si](C)(C)C)c[n+]12. The number of aromatic nitrogens is 3. The summed E-state index contributed by atoms with van der Waals surface area (Å²) in [4.78, 5) is 0. The first-order chi connectivity index (χ1) is 31.3. The van der Waals surface area contributed by atoms with Crippen LogP contribution in [0.25, 0.3) is 78.1 Å². The quantitative estimate of drug-likeness (QED) is 0.125. The van der Waals surface area contributed by atoms with Crippen LogP contribution in [-0.4, -0.2) is 12.6 Å². The van der Waals surface area contributed by atoms with Crippen LogP contribution in [0.3, 0.4) is 0 Å². The van der Waals surface area contributed by atoms with E-state index in [9.17, 15) is 0 Å². The molecule has 324 valence electrons. The van der Waals surface area contributed by atoms with E-state index in [-0.39, 0.29) is 12.0 Å². The minimum atomic E-state index is -1.88. The second-order valence-corrected chi connectivity index (χ2v) is 25.7. The zero-order valence-electron chi connectivity index (χ0n) is 39.6. The lowest BCUT2D eigenvalue weighted by Crippen LogP contribution is -2.54. The average molecular weight is 868 g/mol. The molecule has 11 rings (SSSR count). The molecule has 5 heteroatoms. The Hall–Kier alpha value is -6.30. The lowest BCUT2D eigenvalue weighted by atomic mass is 9.77. The largest absolute Gasteiger partial charge is 0.455 e. The number of benzene rings is 6. The zero-order valence-corrected chi connectivity index (χ0v) is 40.6. The fourth-order valence-electron chi connectivity index (χ4n) is 11.8. The smallest absolute Gasteiger partial charge is 0.304 e. The highest BCUT2D eigenvalue weighted by Crippen LogP contribution is 2.48. The van der Waals surface area contributed by atoms with Crippen LogP contribution in [0.4, 0.5) is 0 Å². The van der Waals surface area contributed by atoms with Crippen LogP contribution in [-0.2, 0) is 6.42 Å². The number of nitrogens with zero attached hydrogens (tertiary/aromatic N) is 3. The molecule has 65 heavy (non-hydrogen) atoms. The van der Waals surface area contributed by atoms with Crippen molar-refractivity contribution in [2.75, 3.05) is 0 Å². The number of aryl methyl sites for hydroxylation is 3. The van der Waals surface area contributed by atoms with Gasteiger partial charge in [-0.25, -0.2) is 0 Å². The molecule has 2 unspecified atom stereocenters. The van der Waals surface area contributed by atoms with E-state index in [1.165, 1.54) is 77.7 Å². The predicted molar refractivity (Wildman–Crippen MR) is 274 cm³/mol. The molecule has 0 fully saturated rings. The molecule has 2 aliphatic heterocycles. The van der Waals surface area contributed by atoms with Crippen LogP contribution in [0.5, 0.6) is 0 Å². The lowest BCUT2D eigenvalue weighted by Gasteiger charge is -2.33. The first kappa shape index (κ1) is 41.4. The maximum Gasteiger partial charge on any atom is 0.304 e. The van der Waals surface area contributed by atoms with E-state index in [1.807, 2.05) is 0 Å². The Balaban J connectivity index is 1.25. The summed E-state index contributed by atoms with van der Waals surface area (Å²) in [6.07, 6.45) is 5.27. The average Bonchev–Trinajstić information content (AvgIpc) is 3.83. The Morgan fingerprint density at radius 3 is 2.12 bits per heavy atom. The highest BCUT2D eigenvalue weighted by atomic mass is 28.3. The van der Waals surface area contributed by atoms with Gasteiger partial charge >= 0.3 is 5.82 Å². The van der Waals surface area contributed by atoms with Gasteiger partial charge in [0.1, 0.15) is 22.5 Å². The van der Waals surface area contributed by atoms with Gasteiger partial charge in [0, 0.05) is 44.6 Å². The number of furan rings is 1. The van der Waals surface area contributed by atoms with Crippen LogP contribution < -0.4 is 14.3 Å². The number of hydrogen-bond donors (Lipinski definition) is 0. The molecule has 0 radical (unpaired) electrons. The van der Waals surface area contributed by atoms with Gasteiger partial charge in [-0.1, -0.05) is 151 Å². The van der Waals surface area contributed by atoms with Gasteiger partial charge in [0.2, 0.25) is 5.69 Å². The van der Waals surface area contributed by atoms with Crippen molar-refractivity contribution in [2.24, 2.45) is 0 Å². The fourth-order valence-corrected chi connectivity index (χ4v) is 13.3. The summed E-state index contributed by atoms with van der Waals surface area (Å²) in [5.41, 5.74) is 21.2. The standard InChI is InChI=1S/C60H61N3OSi/c1-36(2)42-24-18-25-43(37(3)4)58(42)63-51-27-15-14-26-50(51)62-40(7)33-52-46(31-29-41-30-32-48-47-23-13-16-28-54(47)64-59(48)57(41)60(62)63)44-21-11-12-22-45(44)53-34-49(55(35-61(52)53)65(8,9)10)56-38(5)19-17-20-39(56)6/h11-28,30,32,34-37,46,52H,7,29,31,33H2,1-6,8-10H3/q+2. The zero-order chi connectivity index (χ0) is 45.1. The summed E-state index contributed by atoms with van der Waals surface area (Å²) in [6, 6.07) is 48.0. The fraction of sp³-hybridized carbons (Fsp3) is 0.267. The Morgan fingerprint density at radius 1 is 0.708 bits per heavy atom. The van der Waals surface area contributed by atoms with E-state index in [0.29, 0.717) is 11.8 Å². The van der Waals surface area contributed by atoms with Gasteiger partial charge in [-0.15, -0.1) is 0 Å². The summed E-state index contributed by atoms with van der Waals surface area (Å²) in [6.45, 7) is 26.6. The van der Waals surface area contributed by atoms with Crippen molar-refractivity contribution in [3.8, 4) is 39.5 Å². The highest BCUT2D eigenvalue weighted by Gasteiger charge is 2.45. The molecule has 0 aliphatic carbocycles. The second kappa shape index (κ2) is 15.4.